The van der Waals surface area contributed by atoms with Crippen LogP contribution in [0.3, 0.4) is 0 Å². The third-order valence-corrected chi connectivity index (χ3v) is 3.34. The van der Waals surface area contributed by atoms with E-state index in [0.29, 0.717) is 13.2 Å². The van der Waals surface area contributed by atoms with Crippen LogP contribution in [0.25, 0.3) is 0 Å². The Bertz CT molecular complexity index is 424. The molecule has 0 aromatic heterocycles. The predicted molar refractivity (Wildman–Crippen MR) is 72.7 cm³/mol. The molecule has 102 valence electrons. The molecule has 1 N–H and O–H groups in total. The van der Waals surface area contributed by atoms with Crippen LogP contribution in [0.4, 0.5) is 4.79 Å². The lowest BCUT2D eigenvalue weighted by Crippen LogP contribution is -2.50. The van der Waals surface area contributed by atoms with Crippen molar-refractivity contribution in [3.05, 3.63) is 48.6 Å². The Morgan fingerprint density at radius 3 is 2.68 bits per heavy atom. The summed E-state index contributed by atoms with van der Waals surface area (Å²) >= 11 is 0. The topological polar surface area (TPSA) is 47.6 Å². The second kappa shape index (κ2) is 6.38. The van der Waals surface area contributed by atoms with E-state index in [4.69, 9.17) is 9.47 Å². The van der Waals surface area contributed by atoms with E-state index in [1.165, 1.54) is 0 Å². The first-order valence-electron chi connectivity index (χ1n) is 6.44. The van der Waals surface area contributed by atoms with E-state index in [1.807, 2.05) is 30.3 Å². The minimum Gasteiger partial charge on any atom is -0.445 e. The molecule has 1 saturated heterocycles. The van der Waals surface area contributed by atoms with Crippen molar-refractivity contribution in [2.75, 3.05) is 13.2 Å². The van der Waals surface area contributed by atoms with Gasteiger partial charge in [0.15, 0.2) is 0 Å². The number of hydrogen-bond donors (Lipinski definition) is 1. The Labute approximate surface area is 113 Å². The van der Waals surface area contributed by atoms with Gasteiger partial charge in [-0.1, -0.05) is 36.4 Å². The van der Waals surface area contributed by atoms with Gasteiger partial charge in [-0.05, 0) is 18.4 Å². The van der Waals surface area contributed by atoms with Gasteiger partial charge in [0.1, 0.15) is 6.61 Å². The minimum atomic E-state index is -0.411. The van der Waals surface area contributed by atoms with Crippen LogP contribution in [0.1, 0.15) is 18.4 Å². The zero-order valence-corrected chi connectivity index (χ0v) is 10.9. The van der Waals surface area contributed by atoms with Gasteiger partial charge >= 0.3 is 6.09 Å². The highest BCUT2D eigenvalue weighted by atomic mass is 16.5. The number of carbonyl (C=O) groups is 1. The molecule has 1 fully saturated rings. The molecule has 0 bridgehead atoms. The number of ether oxygens (including phenoxy) is 2. The first-order chi connectivity index (χ1) is 9.24. The smallest absolute Gasteiger partial charge is 0.408 e. The SMILES string of the molecule is C=CC1(NC(=O)OCc2ccccc2)CCOCC1. The maximum Gasteiger partial charge on any atom is 0.408 e. The largest absolute Gasteiger partial charge is 0.445 e. The third-order valence-electron chi connectivity index (χ3n) is 3.34. The molecule has 4 nitrogen and oxygen atoms in total. The molecule has 0 radical (unpaired) electrons. The van der Waals surface area contributed by atoms with Crippen LogP contribution in [-0.2, 0) is 16.1 Å². The monoisotopic (exact) mass is 261 g/mol. The van der Waals surface area contributed by atoms with E-state index in [-0.39, 0.29) is 6.61 Å². The highest BCUT2D eigenvalue weighted by molar-refractivity contribution is 5.68. The van der Waals surface area contributed by atoms with Crippen molar-refractivity contribution in [3.8, 4) is 0 Å². The third kappa shape index (κ3) is 3.83. The summed E-state index contributed by atoms with van der Waals surface area (Å²) in [6.07, 6.45) is 2.83. The van der Waals surface area contributed by atoms with Crippen molar-refractivity contribution < 1.29 is 14.3 Å². The normalized spacial score (nSPS) is 17.5. The quantitative estimate of drug-likeness (QED) is 0.848. The van der Waals surface area contributed by atoms with Gasteiger partial charge in [0.2, 0.25) is 0 Å². The molecule has 1 heterocycles. The number of benzene rings is 1. The maximum atomic E-state index is 11.8. The maximum absolute atomic E-state index is 11.8. The lowest BCUT2D eigenvalue weighted by molar-refractivity contribution is 0.0510. The summed E-state index contributed by atoms with van der Waals surface area (Å²) < 4.78 is 10.5. The summed E-state index contributed by atoms with van der Waals surface area (Å²) in [7, 11) is 0. The van der Waals surface area contributed by atoms with E-state index in [1.54, 1.807) is 6.08 Å². The van der Waals surface area contributed by atoms with Gasteiger partial charge in [-0.3, -0.25) is 0 Å². The highest BCUT2D eigenvalue weighted by Gasteiger charge is 2.31. The average Bonchev–Trinajstić information content (AvgIpc) is 2.47. The van der Waals surface area contributed by atoms with Gasteiger partial charge in [-0.2, -0.15) is 0 Å². The highest BCUT2D eigenvalue weighted by Crippen LogP contribution is 2.21. The molecule has 0 saturated carbocycles. The Morgan fingerprint density at radius 1 is 1.37 bits per heavy atom. The second-order valence-electron chi connectivity index (χ2n) is 4.66. The number of rotatable bonds is 4. The van der Waals surface area contributed by atoms with Crippen molar-refractivity contribution in [2.45, 2.75) is 25.0 Å². The molecule has 0 atom stereocenters. The van der Waals surface area contributed by atoms with Crippen LogP contribution in [0.15, 0.2) is 43.0 Å². The fourth-order valence-corrected chi connectivity index (χ4v) is 2.08. The number of hydrogen-bond acceptors (Lipinski definition) is 3. The first-order valence-corrected chi connectivity index (χ1v) is 6.44. The predicted octanol–water partition coefficient (Wildman–Crippen LogP) is 2.65. The molecule has 1 aliphatic heterocycles. The fraction of sp³-hybridized carbons (Fsp3) is 0.400. The van der Waals surface area contributed by atoms with Crippen LogP contribution in [0.2, 0.25) is 0 Å². The molecular formula is C15H19NO3. The first kappa shape index (κ1) is 13.6. The summed E-state index contributed by atoms with van der Waals surface area (Å²) in [5, 5.41) is 2.89. The van der Waals surface area contributed by atoms with Gasteiger partial charge in [0, 0.05) is 13.2 Å². The number of alkyl carbamates (subject to hydrolysis) is 1. The molecule has 1 aliphatic rings. The molecule has 4 heteroatoms. The summed E-state index contributed by atoms with van der Waals surface area (Å²) in [6, 6.07) is 9.61. The van der Waals surface area contributed by atoms with Crippen molar-refractivity contribution in [1.82, 2.24) is 5.32 Å². The van der Waals surface area contributed by atoms with Crippen molar-refractivity contribution >= 4 is 6.09 Å². The van der Waals surface area contributed by atoms with Gasteiger partial charge in [0.05, 0.1) is 5.54 Å². The zero-order chi connectivity index (χ0) is 13.6. The van der Waals surface area contributed by atoms with Crippen LogP contribution in [0.5, 0.6) is 0 Å². The number of carbonyl (C=O) groups excluding carboxylic acids is 1. The number of amides is 1. The Morgan fingerprint density at radius 2 is 2.05 bits per heavy atom. The van der Waals surface area contributed by atoms with Crippen molar-refractivity contribution in [2.24, 2.45) is 0 Å². The van der Waals surface area contributed by atoms with E-state index in [0.717, 1.165) is 18.4 Å². The molecule has 2 rings (SSSR count). The van der Waals surface area contributed by atoms with E-state index >= 15 is 0 Å². The van der Waals surface area contributed by atoms with Crippen LogP contribution < -0.4 is 5.32 Å². The average molecular weight is 261 g/mol. The van der Waals surface area contributed by atoms with Gasteiger partial charge in [-0.15, -0.1) is 6.58 Å². The standard InChI is InChI=1S/C15H19NO3/c1-2-15(8-10-18-11-9-15)16-14(17)19-12-13-6-4-3-5-7-13/h2-7H,1,8-12H2,(H,16,17). The molecule has 1 amide bonds. The van der Waals surface area contributed by atoms with E-state index in [2.05, 4.69) is 11.9 Å². The molecule has 0 unspecified atom stereocenters. The van der Waals surface area contributed by atoms with E-state index in [9.17, 15) is 4.79 Å². The summed E-state index contributed by atoms with van der Waals surface area (Å²) in [5.41, 5.74) is 0.573. The Hall–Kier alpha value is -1.81. The second-order valence-corrected chi connectivity index (χ2v) is 4.66. The van der Waals surface area contributed by atoms with Crippen LogP contribution in [-0.4, -0.2) is 24.8 Å². The minimum absolute atomic E-state index is 0.274. The number of nitrogens with one attached hydrogen (secondary N) is 1. The molecule has 0 aliphatic carbocycles. The lowest BCUT2D eigenvalue weighted by atomic mass is 9.90. The summed E-state index contributed by atoms with van der Waals surface area (Å²) in [4.78, 5) is 11.8. The van der Waals surface area contributed by atoms with Gasteiger partial charge < -0.3 is 14.8 Å². The fourth-order valence-electron chi connectivity index (χ4n) is 2.08. The lowest BCUT2D eigenvalue weighted by Gasteiger charge is -2.34. The van der Waals surface area contributed by atoms with Crippen LogP contribution in [0, 0.1) is 0 Å². The molecule has 1 aromatic rings. The Balaban J connectivity index is 1.84. The van der Waals surface area contributed by atoms with E-state index < -0.39 is 11.6 Å². The van der Waals surface area contributed by atoms with Crippen LogP contribution >= 0.6 is 0 Å². The summed E-state index contributed by atoms with van der Waals surface area (Å²) in [5.74, 6) is 0. The molecule has 19 heavy (non-hydrogen) atoms. The van der Waals surface area contributed by atoms with Gasteiger partial charge in [-0.25, -0.2) is 4.79 Å². The van der Waals surface area contributed by atoms with Crippen molar-refractivity contribution in [1.29, 1.82) is 0 Å². The van der Waals surface area contributed by atoms with Crippen molar-refractivity contribution in [3.63, 3.8) is 0 Å². The summed E-state index contributed by atoms with van der Waals surface area (Å²) in [6.45, 7) is 5.34. The zero-order valence-electron chi connectivity index (χ0n) is 10.9. The Kier molecular flexibility index (Phi) is 4.58. The molecular weight excluding hydrogens is 242 g/mol. The molecule has 0 spiro atoms. The van der Waals surface area contributed by atoms with Gasteiger partial charge in [0.25, 0.3) is 0 Å². The molecule has 1 aromatic carbocycles.